The van der Waals surface area contributed by atoms with Crippen LogP contribution in [0, 0.1) is 0 Å². The molecular weight excluding hydrogens is 73.1 g/mol. The van der Waals surface area contributed by atoms with E-state index in [-0.39, 0.29) is 0 Å². The molecule has 0 spiro atoms. The summed E-state index contributed by atoms with van der Waals surface area (Å²) in [5, 5.41) is 0. The first-order chi connectivity index (χ1) is 4.15. The molecule has 4 heavy (non-hydrogen) atoms. The van der Waals surface area contributed by atoms with Gasteiger partial charge in [0.15, 0.2) is 0 Å². The molecule has 0 aromatic heterocycles. The summed E-state index contributed by atoms with van der Waals surface area (Å²) in [6.07, 6.45) is -5.80. The predicted octanol–water partition coefficient (Wildman–Crippen LogP) is -0.00530. The highest BCUT2D eigenvalue weighted by Crippen LogP contribution is 1.47. The molecule has 1 nitrogen and oxygen atoms in total. The van der Waals surface area contributed by atoms with E-state index in [1.54, 1.807) is 0 Å². The molecule has 0 N–H and O–H groups in total. The Kier molecular flexibility index (Phi) is 0.180. The Morgan fingerprint density at radius 3 is 2.50 bits per heavy atom. The zero-order valence-corrected chi connectivity index (χ0v) is 2.63. The third-order valence-corrected chi connectivity index (χ3v) is 0. The van der Waals surface area contributed by atoms with Gasteiger partial charge in [-0.25, -0.2) is 0 Å². The van der Waals surface area contributed by atoms with Gasteiger partial charge in [-0.1, -0.05) is 0 Å². The van der Waals surface area contributed by atoms with Crippen molar-refractivity contribution >= 4 is 10.8 Å². The molecular formula is C2H6OS. The summed E-state index contributed by atoms with van der Waals surface area (Å²) in [6, 6.07) is 0. The lowest BCUT2D eigenvalue weighted by Gasteiger charge is -1.60. The van der Waals surface area contributed by atoms with Crippen LogP contribution in [0.4, 0.5) is 0 Å². The SMILES string of the molecule is [2H]C([2H])([2H])S(=O)[13C]([2H])([2H])[2H]. The molecule has 0 amide bonds. The van der Waals surface area contributed by atoms with Crippen LogP contribution in [0.3, 0.4) is 0 Å². The van der Waals surface area contributed by atoms with Crippen LogP contribution in [0.15, 0.2) is 0 Å². The van der Waals surface area contributed by atoms with E-state index in [1.807, 2.05) is 0 Å². The van der Waals surface area contributed by atoms with E-state index in [9.17, 15) is 4.21 Å². The molecule has 0 heterocycles. The molecule has 0 fully saturated rings. The Morgan fingerprint density at radius 1 is 2.00 bits per heavy atom. The summed E-state index contributed by atoms with van der Waals surface area (Å²) in [7, 11) is -2.75. The second-order valence-corrected chi connectivity index (χ2v) is 0.806. The molecule has 0 saturated heterocycles. The lowest BCUT2D eigenvalue weighted by molar-refractivity contribution is 0.690. The summed E-state index contributed by atoms with van der Waals surface area (Å²) >= 11 is 0. The van der Waals surface area contributed by atoms with Gasteiger partial charge in [0, 0.05) is 31.4 Å². The molecule has 0 aliphatic rings. The molecule has 1 unspecified atom stereocenters. The lowest BCUT2D eigenvalue weighted by Crippen LogP contribution is -1.70. The van der Waals surface area contributed by atoms with Crippen LogP contribution in [0.5, 0.6) is 0 Å². The second-order valence-electron chi connectivity index (χ2n) is 0.269. The van der Waals surface area contributed by atoms with Gasteiger partial charge in [0.05, 0.1) is 0 Å². The lowest BCUT2D eigenvalue weighted by atomic mass is 12.0. The van der Waals surface area contributed by atoms with Gasteiger partial charge in [0.1, 0.15) is 0 Å². The van der Waals surface area contributed by atoms with Gasteiger partial charge in [0.25, 0.3) is 0 Å². The maximum Gasteiger partial charge on any atom is 0.0370 e. The Bertz CT molecular complexity index is 127. The molecule has 2 heteroatoms. The molecule has 0 bridgehead atoms. The normalized spacial score (nSPS) is 44.0. The van der Waals surface area contributed by atoms with E-state index in [2.05, 4.69) is 0 Å². The summed E-state index contributed by atoms with van der Waals surface area (Å²) in [5.74, 6) is 0. The molecule has 0 aliphatic heterocycles. The van der Waals surface area contributed by atoms with Gasteiger partial charge in [0.2, 0.25) is 0 Å². The largest absolute Gasteiger partial charge is 0.260 e. The minimum absolute atomic E-state index is 2.75. The van der Waals surface area contributed by atoms with E-state index in [0.717, 1.165) is 0 Å². The van der Waals surface area contributed by atoms with Crippen LogP contribution >= 0.6 is 0 Å². The van der Waals surface area contributed by atoms with Crippen molar-refractivity contribution in [3.63, 3.8) is 0 Å². The summed E-state index contributed by atoms with van der Waals surface area (Å²) in [5.41, 5.74) is 0. The van der Waals surface area contributed by atoms with Crippen LogP contribution < -0.4 is 0 Å². The first kappa shape index (κ1) is 0.492. The Morgan fingerprint density at radius 2 is 2.50 bits per heavy atom. The average Bonchev–Trinajstić information content (AvgIpc) is 1.59. The third kappa shape index (κ3) is 126. The summed E-state index contributed by atoms with van der Waals surface area (Å²) in [4.78, 5) is 0. The Balaban J connectivity index is 4.40. The van der Waals surface area contributed by atoms with E-state index in [0.29, 0.717) is 0 Å². The highest BCUT2D eigenvalue weighted by Gasteiger charge is 1.57. The predicted molar refractivity (Wildman–Crippen MR) is 20.0 cm³/mol. The van der Waals surface area contributed by atoms with Crippen molar-refractivity contribution in [2.24, 2.45) is 0 Å². The van der Waals surface area contributed by atoms with Crippen molar-refractivity contribution < 1.29 is 12.4 Å². The average molecular weight is 85.2 g/mol. The van der Waals surface area contributed by atoms with Gasteiger partial charge in [-0.15, -0.1) is 0 Å². The van der Waals surface area contributed by atoms with Gasteiger partial charge in [-0.05, 0) is 0 Å². The summed E-state index contributed by atoms with van der Waals surface area (Å²) < 4.78 is 49.3. The molecule has 0 aromatic rings. The van der Waals surface area contributed by atoms with Crippen molar-refractivity contribution in [3.8, 4) is 0 Å². The van der Waals surface area contributed by atoms with Crippen molar-refractivity contribution in [2.45, 2.75) is 0 Å². The van der Waals surface area contributed by atoms with Crippen molar-refractivity contribution in [2.75, 3.05) is 12.4 Å². The van der Waals surface area contributed by atoms with Gasteiger partial charge < -0.3 is 0 Å². The fourth-order valence-electron chi connectivity index (χ4n) is 0. The standard InChI is InChI=1S/C2H6OS/c1-4(2)3/h1-2H3/i1D3,2+1D3. The van der Waals surface area contributed by atoms with E-state index >= 15 is 0 Å². The molecule has 0 aromatic carbocycles. The minimum Gasteiger partial charge on any atom is -0.260 e. The van der Waals surface area contributed by atoms with Gasteiger partial charge >= 0.3 is 0 Å². The molecule has 0 aliphatic carbocycles. The number of rotatable bonds is 0. The first-order valence-electron chi connectivity index (χ1n) is 3.57. The van der Waals surface area contributed by atoms with Crippen LogP contribution in [-0.2, 0) is 10.8 Å². The molecule has 0 saturated carbocycles. The maximum absolute atomic E-state index is 10.5. The van der Waals surface area contributed by atoms with Crippen molar-refractivity contribution in [1.29, 1.82) is 0 Å². The van der Waals surface area contributed by atoms with Crippen molar-refractivity contribution in [1.82, 2.24) is 0 Å². The molecule has 0 rings (SSSR count). The maximum atomic E-state index is 10.5. The van der Waals surface area contributed by atoms with E-state index < -0.39 is 23.2 Å². The smallest absolute Gasteiger partial charge is 0.0370 e. The van der Waals surface area contributed by atoms with Crippen molar-refractivity contribution in [3.05, 3.63) is 0 Å². The van der Waals surface area contributed by atoms with E-state index in [4.69, 9.17) is 8.22 Å². The quantitative estimate of drug-likeness (QED) is 0.378. The minimum atomic E-state index is -2.90. The van der Waals surface area contributed by atoms with Crippen LogP contribution in [0.2, 0.25) is 0 Å². The summed E-state index contributed by atoms with van der Waals surface area (Å²) in [6.45, 7) is 0. The second kappa shape index (κ2) is 1.47. The topological polar surface area (TPSA) is 17.1 Å². The Hall–Kier alpha value is 0.150. The Labute approximate surface area is 36.9 Å². The zero-order chi connectivity index (χ0) is 8.58. The zero-order valence-electron chi connectivity index (χ0n) is 7.82. The fourth-order valence-corrected chi connectivity index (χ4v) is 0. The highest BCUT2D eigenvalue weighted by atomic mass is 32.2. The first-order valence-corrected chi connectivity index (χ1v) is 1.72. The van der Waals surface area contributed by atoms with E-state index in [1.165, 1.54) is 0 Å². The third-order valence-electron chi connectivity index (χ3n) is 0. The van der Waals surface area contributed by atoms with Crippen LogP contribution in [0.25, 0.3) is 0 Å². The molecule has 0 radical (unpaired) electrons. The van der Waals surface area contributed by atoms with Crippen LogP contribution in [0.1, 0.15) is 8.22 Å². The highest BCUT2D eigenvalue weighted by molar-refractivity contribution is 7.83. The molecule has 26 valence electrons. The van der Waals surface area contributed by atoms with Crippen LogP contribution in [-0.4, -0.2) is 16.6 Å². The molecule has 1 atom stereocenters. The fraction of sp³-hybridized carbons (Fsp3) is 1.00. The number of hydrogen-bond donors (Lipinski definition) is 0. The van der Waals surface area contributed by atoms with Gasteiger partial charge in [-0.2, -0.15) is 0 Å². The monoisotopic (exact) mass is 85.1 g/mol. The number of hydrogen-bond acceptors (Lipinski definition) is 1. The van der Waals surface area contributed by atoms with Gasteiger partial charge in [-0.3, -0.25) is 4.21 Å².